The third-order valence-electron chi connectivity index (χ3n) is 3.22. The van der Waals surface area contributed by atoms with Crippen LogP contribution in [0.2, 0.25) is 0 Å². The van der Waals surface area contributed by atoms with E-state index in [4.69, 9.17) is 5.73 Å². The fourth-order valence-electron chi connectivity index (χ4n) is 2.08. The van der Waals surface area contributed by atoms with Crippen molar-refractivity contribution in [2.45, 2.75) is 12.5 Å². The summed E-state index contributed by atoms with van der Waals surface area (Å²) in [6.07, 6.45) is 4.14. The SMILES string of the molecule is NC(Cc1nc(-c2ccncc2)cs1)c1ccc(F)cc1. The zero-order valence-corrected chi connectivity index (χ0v) is 12.1. The summed E-state index contributed by atoms with van der Waals surface area (Å²) in [5.41, 5.74) is 9.05. The monoisotopic (exact) mass is 299 g/mol. The van der Waals surface area contributed by atoms with Crippen molar-refractivity contribution in [3.63, 3.8) is 0 Å². The Hall–Kier alpha value is -2.11. The number of halogens is 1. The van der Waals surface area contributed by atoms with Gasteiger partial charge in [-0.15, -0.1) is 11.3 Å². The topological polar surface area (TPSA) is 51.8 Å². The predicted molar refractivity (Wildman–Crippen MR) is 82.4 cm³/mol. The summed E-state index contributed by atoms with van der Waals surface area (Å²) in [4.78, 5) is 8.60. The van der Waals surface area contributed by atoms with Crippen LogP contribution in [-0.2, 0) is 6.42 Å². The Bertz CT molecular complexity index is 710. The number of rotatable bonds is 4. The summed E-state index contributed by atoms with van der Waals surface area (Å²) in [6, 6.07) is 9.98. The molecular weight excluding hydrogens is 285 g/mol. The van der Waals surface area contributed by atoms with Crippen molar-refractivity contribution >= 4 is 11.3 Å². The highest BCUT2D eigenvalue weighted by molar-refractivity contribution is 7.09. The second-order valence-electron chi connectivity index (χ2n) is 4.72. The highest BCUT2D eigenvalue weighted by atomic mass is 32.1. The molecular formula is C16H14FN3S. The van der Waals surface area contributed by atoms with Gasteiger partial charge >= 0.3 is 0 Å². The molecule has 0 amide bonds. The number of benzene rings is 1. The van der Waals surface area contributed by atoms with Crippen molar-refractivity contribution in [3.05, 3.63) is 70.6 Å². The summed E-state index contributed by atoms with van der Waals surface area (Å²) in [5, 5.41) is 2.99. The quantitative estimate of drug-likeness (QED) is 0.801. The van der Waals surface area contributed by atoms with Crippen molar-refractivity contribution in [1.29, 1.82) is 0 Å². The van der Waals surface area contributed by atoms with Gasteiger partial charge in [0.15, 0.2) is 0 Å². The molecule has 3 aromatic rings. The van der Waals surface area contributed by atoms with Gasteiger partial charge in [0.25, 0.3) is 0 Å². The first-order valence-electron chi connectivity index (χ1n) is 6.58. The summed E-state index contributed by atoms with van der Waals surface area (Å²) >= 11 is 1.58. The fraction of sp³-hybridized carbons (Fsp3) is 0.125. The molecule has 0 aliphatic heterocycles. The molecule has 0 fully saturated rings. The highest BCUT2D eigenvalue weighted by Crippen LogP contribution is 2.24. The molecule has 106 valence electrons. The maximum absolute atomic E-state index is 12.9. The zero-order valence-electron chi connectivity index (χ0n) is 11.2. The molecule has 0 aliphatic carbocycles. The van der Waals surface area contributed by atoms with Crippen LogP contribution in [0.5, 0.6) is 0 Å². The molecule has 3 nitrogen and oxygen atoms in total. The average molecular weight is 299 g/mol. The van der Waals surface area contributed by atoms with Crippen LogP contribution in [0.15, 0.2) is 54.2 Å². The molecule has 3 rings (SSSR count). The van der Waals surface area contributed by atoms with Crippen LogP contribution in [0.1, 0.15) is 16.6 Å². The smallest absolute Gasteiger partial charge is 0.123 e. The number of aromatic nitrogens is 2. The molecule has 2 heterocycles. The first-order valence-corrected chi connectivity index (χ1v) is 7.46. The van der Waals surface area contributed by atoms with Crippen LogP contribution in [0.3, 0.4) is 0 Å². The molecule has 0 bridgehead atoms. The van der Waals surface area contributed by atoms with Crippen LogP contribution in [0.25, 0.3) is 11.3 Å². The van der Waals surface area contributed by atoms with E-state index in [1.54, 1.807) is 35.9 Å². The molecule has 1 unspecified atom stereocenters. The Morgan fingerprint density at radius 3 is 2.52 bits per heavy atom. The second kappa shape index (κ2) is 6.11. The summed E-state index contributed by atoms with van der Waals surface area (Å²) in [6.45, 7) is 0. The van der Waals surface area contributed by atoms with Gasteiger partial charge in [-0.2, -0.15) is 0 Å². The van der Waals surface area contributed by atoms with E-state index in [0.29, 0.717) is 6.42 Å². The van der Waals surface area contributed by atoms with Crippen LogP contribution in [0.4, 0.5) is 4.39 Å². The van der Waals surface area contributed by atoms with E-state index in [-0.39, 0.29) is 11.9 Å². The molecule has 0 aliphatic rings. The minimum Gasteiger partial charge on any atom is -0.324 e. The maximum Gasteiger partial charge on any atom is 0.123 e. The molecule has 2 N–H and O–H groups in total. The number of hydrogen-bond acceptors (Lipinski definition) is 4. The molecule has 0 radical (unpaired) electrons. The van der Waals surface area contributed by atoms with E-state index < -0.39 is 0 Å². The third-order valence-corrected chi connectivity index (χ3v) is 4.09. The van der Waals surface area contributed by atoms with Gasteiger partial charge in [-0.05, 0) is 29.8 Å². The molecule has 1 atom stereocenters. The molecule has 2 aromatic heterocycles. The van der Waals surface area contributed by atoms with E-state index in [1.165, 1.54) is 12.1 Å². The van der Waals surface area contributed by atoms with Crippen LogP contribution < -0.4 is 5.73 Å². The Morgan fingerprint density at radius 1 is 1.10 bits per heavy atom. The average Bonchev–Trinajstić information content (AvgIpc) is 2.97. The van der Waals surface area contributed by atoms with Gasteiger partial charge in [-0.3, -0.25) is 4.98 Å². The van der Waals surface area contributed by atoms with E-state index in [9.17, 15) is 4.39 Å². The minimum absolute atomic E-state index is 0.179. The molecule has 1 aromatic carbocycles. The van der Waals surface area contributed by atoms with Gasteiger partial charge in [0.2, 0.25) is 0 Å². The van der Waals surface area contributed by atoms with E-state index in [0.717, 1.165) is 21.8 Å². The van der Waals surface area contributed by atoms with Crippen molar-refractivity contribution in [3.8, 4) is 11.3 Å². The van der Waals surface area contributed by atoms with Crippen molar-refractivity contribution in [2.24, 2.45) is 5.73 Å². The van der Waals surface area contributed by atoms with E-state index in [1.807, 2.05) is 17.5 Å². The lowest BCUT2D eigenvalue weighted by atomic mass is 10.1. The van der Waals surface area contributed by atoms with Gasteiger partial charge in [-0.1, -0.05) is 12.1 Å². The first kappa shape index (κ1) is 13.9. The fourth-order valence-corrected chi connectivity index (χ4v) is 2.94. The lowest BCUT2D eigenvalue weighted by Gasteiger charge is -2.09. The lowest BCUT2D eigenvalue weighted by molar-refractivity contribution is 0.624. The Kier molecular flexibility index (Phi) is 4.03. The zero-order chi connectivity index (χ0) is 14.7. The van der Waals surface area contributed by atoms with Gasteiger partial charge in [0, 0.05) is 35.8 Å². The van der Waals surface area contributed by atoms with E-state index in [2.05, 4.69) is 9.97 Å². The maximum atomic E-state index is 12.9. The minimum atomic E-state index is -0.250. The van der Waals surface area contributed by atoms with Crippen molar-refractivity contribution in [2.75, 3.05) is 0 Å². The van der Waals surface area contributed by atoms with Crippen LogP contribution in [0, 0.1) is 5.82 Å². The predicted octanol–water partition coefficient (Wildman–Crippen LogP) is 3.59. The molecule has 21 heavy (non-hydrogen) atoms. The van der Waals surface area contributed by atoms with Gasteiger partial charge in [0.1, 0.15) is 5.82 Å². The van der Waals surface area contributed by atoms with Crippen molar-refractivity contribution in [1.82, 2.24) is 9.97 Å². The number of hydrogen-bond donors (Lipinski definition) is 1. The molecule has 0 saturated carbocycles. The van der Waals surface area contributed by atoms with Gasteiger partial charge in [-0.25, -0.2) is 9.37 Å². The summed E-state index contributed by atoms with van der Waals surface area (Å²) in [7, 11) is 0. The van der Waals surface area contributed by atoms with Gasteiger partial charge < -0.3 is 5.73 Å². The standard InChI is InChI=1S/C16H14FN3S/c17-13-3-1-11(2-4-13)14(18)9-16-20-15(10-21-16)12-5-7-19-8-6-12/h1-8,10,14H,9,18H2. The summed E-state index contributed by atoms with van der Waals surface area (Å²) in [5.74, 6) is -0.250. The number of nitrogens with two attached hydrogens (primary N) is 1. The molecule has 0 saturated heterocycles. The van der Waals surface area contributed by atoms with Gasteiger partial charge in [0.05, 0.1) is 10.7 Å². The Balaban J connectivity index is 1.74. The second-order valence-corrected chi connectivity index (χ2v) is 5.67. The number of nitrogens with zero attached hydrogens (tertiary/aromatic N) is 2. The Morgan fingerprint density at radius 2 is 1.81 bits per heavy atom. The molecule has 5 heteroatoms. The normalized spacial score (nSPS) is 12.3. The third kappa shape index (κ3) is 3.32. The van der Waals surface area contributed by atoms with Crippen LogP contribution in [-0.4, -0.2) is 9.97 Å². The lowest BCUT2D eigenvalue weighted by Crippen LogP contribution is -2.13. The number of thiazole rings is 1. The molecule has 0 spiro atoms. The van der Waals surface area contributed by atoms with Crippen LogP contribution >= 0.6 is 11.3 Å². The first-order chi connectivity index (χ1) is 10.2. The Labute approximate surface area is 126 Å². The number of pyridine rings is 1. The largest absolute Gasteiger partial charge is 0.324 e. The summed E-state index contributed by atoms with van der Waals surface area (Å²) < 4.78 is 12.9. The van der Waals surface area contributed by atoms with E-state index >= 15 is 0 Å². The van der Waals surface area contributed by atoms with Crippen molar-refractivity contribution < 1.29 is 4.39 Å². The highest BCUT2D eigenvalue weighted by Gasteiger charge is 2.11.